The number of aliphatic hydroxyl groups is 1. The number of carbonyl (C=O) groups excluding carboxylic acids is 5. The van der Waals surface area contributed by atoms with Crippen molar-refractivity contribution in [2.45, 2.75) is 70.8 Å². The van der Waals surface area contributed by atoms with E-state index in [9.17, 15) is 34.2 Å². The van der Waals surface area contributed by atoms with Crippen LogP contribution >= 0.6 is 0 Å². The van der Waals surface area contributed by atoms with E-state index in [1.54, 1.807) is 13.8 Å². The van der Waals surface area contributed by atoms with Crippen LogP contribution in [0.3, 0.4) is 0 Å². The second-order valence-corrected chi connectivity index (χ2v) is 14.7. The number of nitrogens with two attached hydrogens (primary N) is 1. The van der Waals surface area contributed by atoms with Gasteiger partial charge in [-0.3, -0.25) is 24.0 Å². The molecule has 3 fully saturated rings. The lowest BCUT2D eigenvalue weighted by atomic mass is 9.49. The summed E-state index contributed by atoms with van der Waals surface area (Å²) < 4.78 is 0. The smallest absolute Gasteiger partial charge is 0.235 e. The Labute approximate surface area is 273 Å². The van der Waals surface area contributed by atoms with Crippen LogP contribution in [-0.4, -0.2) is 44.9 Å². The van der Waals surface area contributed by atoms with Gasteiger partial charge in [0.15, 0.2) is 34.7 Å². The maximum atomic E-state index is 14.3. The Balaban J connectivity index is 1.33. The van der Waals surface area contributed by atoms with Crippen molar-refractivity contribution in [1.29, 1.82) is 0 Å². The number of phenols is 1. The monoisotopic (exact) mass is 635 g/mol. The van der Waals surface area contributed by atoms with E-state index in [1.165, 1.54) is 43.7 Å². The van der Waals surface area contributed by atoms with Crippen molar-refractivity contribution in [2.24, 2.45) is 47.2 Å². The zero-order chi connectivity index (χ0) is 33.4. The second kappa shape index (κ2) is 11.5. The van der Waals surface area contributed by atoms with Gasteiger partial charge in [0.1, 0.15) is 5.75 Å². The van der Waals surface area contributed by atoms with E-state index in [-0.39, 0.29) is 24.2 Å². The Hall–Kier alpha value is -4.17. The van der Waals surface area contributed by atoms with Crippen molar-refractivity contribution in [3.05, 3.63) is 65.2 Å². The highest BCUT2D eigenvalue weighted by molar-refractivity contribution is 6.32. The third kappa shape index (κ3) is 4.70. The number of hydrogen-bond acceptors (Lipinski definition) is 7. The lowest BCUT2D eigenvalue weighted by molar-refractivity contribution is -0.182. The lowest BCUT2D eigenvalue weighted by Gasteiger charge is -2.52. The highest BCUT2D eigenvalue weighted by atomic mass is 16.3. The van der Waals surface area contributed by atoms with Crippen LogP contribution < -0.4 is 5.73 Å². The van der Waals surface area contributed by atoms with E-state index in [2.05, 4.69) is 24.3 Å². The van der Waals surface area contributed by atoms with Gasteiger partial charge in [-0.05, 0) is 76.1 Å². The minimum Gasteiger partial charge on any atom is -0.507 e. The van der Waals surface area contributed by atoms with Crippen LogP contribution in [0.15, 0.2) is 48.5 Å². The number of rotatable bonds is 5. The number of phenolic OH excluding ortho intramolecular Hbond substituents is 1. The van der Waals surface area contributed by atoms with Gasteiger partial charge in [0.2, 0.25) is 5.91 Å². The Morgan fingerprint density at radius 2 is 1.60 bits per heavy atom. The van der Waals surface area contributed by atoms with Gasteiger partial charge in [-0.25, -0.2) is 0 Å². The van der Waals surface area contributed by atoms with Gasteiger partial charge in [-0.1, -0.05) is 88.4 Å². The fourth-order valence-corrected chi connectivity index (χ4v) is 9.58. The summed E-state index contributed by atoms with van der Waals surface area (Å²) >= 11 is 0. The third-order valence-electron chi connectivity index (χ3n) is 11.7. The molecule has 0 heterocycles. The molecule has 3 aromatic rings. The maximum absolute atomic E-state index is 14.3. The lowest BCUT2D eigenvalue weighted by Crippen LogP contribution is -2.71. The fourth-order valence-electron chi connectivity index (χ4n) is 9.58. The summed E-state index contributed by atoms with van der Waals surface area (Å²) in [5.41, 5.74) is 6.36. The summed E-state index contributed by atoms with van der Waals surface area (Å²) in [7, 11) is 0. The fraction of sp³-hybridized carbons (Fsp3) is 0.462. The molecule has 3 aromatic carbocycles. The van der Waals surface area contributed by atoms with E-state index < -0.39 is 70.1 Å². The number of ketones is 4. The van der Waals surface area contributed by atoms with Gasteiger partial charge in [-0.2, -0.15) is 0 Å². The minimum absolute atomic E-state index is 0.0145. The Morgan fingerprint density at radius 3 is 2.28 bits per heavy atom. The van der Waals surface area contributed by atoms with E-state index in [0.717, 1.165) is 28.3 Å². The molecule has 0 spiro atoms. The first-order valence-corrected chi connectivity index (χ1v) is 17.0. The molecule has 0 radical (unpaired) electrons. The number of aromatic hydroxyl groups is 1. The van der Waals surface area contributed by atoms with Gasteiger partial charge in [0.25, 0.3) is 0 Å². The van der Waals surface area contributed by atoms with Crippen LogP contribution in [0.25, 0.3) is 21.9 Å². The number of fused-ring (bicyclic) bond motifs is 4. The standard InChI is InChI=1S/C39H41NO7/c1-19(2)30-28-18-22-17-27-26(25-13-12-21(16-20-8-4-3-5-9-20)23-10-6-7-11-24(23)25)14-15-29(41)32(27)35(43)31(22)36(44)39(28,47)37(45)33(34(30)42)38(40)46/h6-7,10-15,19-20,22,28,30-31,33,41,47H,3-5,8-9,16-18H2,1-2H3,(H2,40,46)/t22-,28-,30-,31?,33?,39-/m0/s1. The van der Waals surface area contributed by atoms with Crippen molar-refractivity contribution in [3.63, 3.8) is 0 Å². The third-order valence-corrected chi connectivity index (χ3v) is 11.7. The molecule has 0 aliphatic heterocycles. The van der Waals surface area contributed by atoms with Crippen LogP contribution in [0.5, 0.6) is 5.75 Å². The van der Waals surface area contributed by atoms with Crippen molar-refractivity contribution >= 4 is 39.8 Å². The number of carbonyl (C=O) groups is 5. The maximum Gasteiger partial charge on any atom is 0.235 e. The van der Waals surface area contributed by atoms with Gasteiger partial charge < -0.3 is 15.9 Å². The van der Waals surface area contributed by atoms with Crippen LogP contribution in [0, 0.1) is 41.4 Å². The molecule has 4 N–H and O–H groups in total. The van der Waals surface area contributed by atoms with E-state index in [4.69, 9.17) is 5.73 Å². The molecule has 8 nitrogen and oxygen atoms in total. The largest absolute Gasteiger partial charge is 0.507 e. The quantitative estimate of drug-likeness (QED) is 0.328. The van der Waals surface area contributed by atoms with Crippen molar-refractivity contribution < 1.29 is 34.2 Å². The highest BCUT2D eigenvalue weighted by Crippen LogP contribution is 2.54. The molecule has 4 aliphatic rings. The number of benzene rings is 3. The molecule has 0 saturated heterocycles. The molecule has 8 heteroatoms. The molecular weight excluding hydrogens is 594 g/mol. The molecule has 4 aliphatic carbocycles. The molecule has 7 rings (SSSR count). The molecule has 6 atom stereocenters. The summed E-state index contributed by atoms with van der Waals surface area (Å²) in [4.78, 5) is 67.8. The SMILES string of the molecule is CC(C)[C@@H]1C(=O)C(C(N)=O)C(=O)[C@@]2(O)C(=O)C3C(=O)c4c(O)ccc(-c5ccc(CC6CCCCC6)c6ccccc56)c4C[C@H]3C[C@@H]12. The highest BCUT2D eigenvalue weighted by Gasteiger charge is 2.69. The van der Waals surface area contributed by atoms with E-state index >= 15 is 0 Å². The second-order valence-electron chi connectivity index (χ2n) is 14.7. The summed E-state index contributed by atoms with van der Waals surface area (Å²) in [5, 5.41) is 25.1. The minimum atomic E-state index is -2.70. The topological polar surface area (TPSA) is 152 Å². The van der Waals surface area contributed by atoms with Crippen LogP contribution in [-0.2, 0) is 32.0 Å². The molecule has 0 bridgehead atoms. The molecular formula is C39H41NO7. The van der Waals surface area contributed by atoms with Crippen LogP contribution in [0.1, 0.15) is 73.9 Å². The van der Waals surface area contributed by atoms with E-state index in [1.807, 2.05) is 18.2 Å². The average Bonchev–Trinajstić information content (AvgIpc) is 3.03. The Bertz CT molecular complexity index is 1850. The summed E-state index contributed by atoms with van der Waals surface area (Å²) in [6.45, 7) is 3.49. The number of Topliss-reactive ketones (excluding diaryl/α,β-unsaturated/α-hetero) is 4. The zero-order valence-electron chi connectivity index (χ0n) is 26.8. The zero-order valence-corrected chi connectivity index (χ0v) is 26.8. The van der Waals surface area contributed by atoms with E-state index in [0.29, 0.717) is 11.5 Å². The number of primary amides is 1. The van der Waals surface area contributed by atoms with Gasteiger partial charge in [0, 0.05) is 11.8 Å². The van der Waals surface area contributed by atoms with Crippen molar-refractivity contribution in [3.8, 4) is 16.9 Å². The summed E-state index contributed by atoms with van der Waals surface area (Å²) in [6.07, 6.45) is 7.60. The number of hydrogen-bond donors (Lipinski definition) is 3. The Morgan fingerprint density at radius 1 is 0.915 bits per heavy atom. The molecule has 244 valence electrons. The molecule has 2 unspecified atom stereocenters. The summed E-state index contributed by atoms with van der Waals surface area (Å²) in [5.74, 6) is -10.9. The predicted octanol–water partition coefficient (Wildman–Crippen LogP) is 5.15. The molecule has 3 saturated carbocycles. The first kappa shape index (κ1) is 31.4. The van der Waals surface area contributed by atoms with Gasteiger partial charge in [-0.15, -0.1) is 0 Å². The number of amides is 1. The average molecular weight is 636 g/mol. The first-order valence-electron chi connectivity index (χ1n) is 17.0. The molecule has 0 aromatic heterocycles. The first-order chi connectivity index (χ1) is 22.4. The van der Waals surface area contributed by atoms with Crippen LogP contribution in [0.2, 0.25) is 0 Å². The summed E-state index contributed by atoms with van der Waals surface area (Å²) in [6, 6.07) is 15.8. The Kier molecular flexibility index (Phi) is 7.70. The van der Waals surface area contributed by atoms with Crippen molar-refractivity contribution in [2.75, 3.05) is 0 Å². The normalized spacial score (nSPS) is 29.5. The van der Waals surface area contributed by atoms with Crippen molar-refractivity contribution in [1.82, 2.24) is 0 Å². The molecule has 1 amide bonds. The molecule has 47 heavy (non-hydrogen) atoms. The van der Waals surface area contributed by atoms with Crippen LogP contribution in [0.4, 0.5) is 0 Å². The van der Waals surface area contributed by atoms with Gasteiger partial charge >= 0.3 is 0 Å². The van der Waals surface area contributed by atoms with Gasteiger partial charge in [0.05, 0.1) is 11.5 Å². The predicted molar refractivity (Wildman–Crippen MR) is 175 cm³/mol.